The van der Waals surface area contributed by atoms with Crippen molar-refractivity contribution in [2.45, 2.75) is 43.5 Å². The van der Waals surface area contributed by atoms with E-state index in [9.17, 15) is 0 Å². The predicted octanol–water partition coefficient (Wildman–Crippen LogP) is 3.39. The van der Waals surface area contributed by atoms with Gasteiger partial charge in [-0.25, -0.2) is 0 Å². The monoisotopic (exact) mass is 238 g/mol. The highest BCUT2D eigenvalue weighted by atomic mass is 127. The van der Waals surface area contributed by atoms with Gasteiger partial charge in [0.15, 0.2) is 0 Å². The first-order valence-electron chi connectivity index (χ1n) is 3.89. The summed E-state index contributed by atoms with van der Waals surface area (Å²) >= 11 is 2.61. The Morgan fingerprint density at radius 2 is 2.00 bits per heavy atom. The fraction of sp³-hybridized carbons (Fsp3) is 1.00. The number of alkyl halides is 1. The van der Waals surface area contributed by atoms with Gasteiger partial charge in [0.05, 0.1) is 0 Å². The van der Waals surface area contributed by atoms with Gasteiger partial charge in [0.1, 0.15) is 0 Å². The van der Waals surface area contributed by atoms with Crippen molar-refractivity contribution in [3.8, 4) is 0 Å². The maximum atomic E-state index is 2.61. The Kier molecular flexibility index (Phi) is 2.41. The van der Waals surface area contributed by atoms with Gasteiger partial charge in [0, 0.05) is 3.92 Å². The molecule has 1 aliphatic carbocycles. The molecule has 9 heavy (non-hydrogen) atoms. The van der Waals surface area contributed by atoms with Crippen LogP contribution in [0.15, 0.2) is 0 Å². The van der Waals surface area contributed by atoms with Gasteiger partial charge < -0.3 is 0 Å². The number of rotatable bonds is 3. The van der Waals surface area contributed by atoms with Gasteiger partial charge in [-0.05, 0) is 31.1 Å². The topological polar surface area (TPSA) is 0 Å². The van der Waals surface area contributed by atoms with Crippen LogP contribution in [0, 0.1) is 5.41 Å². The van der Waals surface area contributed by atoms with Crippen LogP contribution in [0.2, 0.25) is 0 Å². The molecule has 0 aromatic rings. The van der Waals surface area contributed by atoms with Gasteiger partial charge in [0.2, 0.25) is 0 Å². The normalized spacial score (nSPS) is 25.7. The second-order valence-electron chi connectivity index (χ2n) is 3.09. The molecule has 1 fully saturated rings. The van der Waals surface area contributed by atoms with Crippen LogP contribution < -0.4 is 0 Å². The third-order valence-electron chi connectivity index (χ3n) is 2.62. The summed E-state index contributed by atoms with van der Waals surface area (Å²) < 4.78 is 0.945. The molecule has 1 aliphatic rings. The summed E-state index contributed by atoms with van der Waals surface area (Å²) in [4.78, 5) is 0. The molecule has 0 spiro atoms. The zero-order valence-electron chi connectivity index (χ0n) is 6.28. The van der Waals surface area contributed by atoms with E-state index in [-0.39, 0.29) is 0 Å². The lowest BCUT2D eigenvalue weighted by atomic mass is 9.98. The Morgan fingerprint density at radius 1 is 1.44 bits per heavy atom. The van der Waals surface area contributed by atoms with E-state index in [2.05, 4.69) is 36.4 Å². The molecule has 0 radical (unpaired) electrons. The molecule has 1 unspecified atom stereocenters. The zero-order chi connectivity index (χ0) is 6.91. The summed E-state index contributed by atoms with van der Waals surface area (Å²) in [5.74, 6) is 0. The van der Waals surface area contributed by atoms with Gasteiger partial charge in [0.25, 0.3) is 0 Å². The number of hydrogen-bond donors (Lipinski definition) is 0. The van der Waals surface area contributed by atoms with E-state index in [1.54, 1.807) is 0 Å². The smallest absolute Gasteiger partial charge is 0.0163 e. The van der Waals surface area contributed by atoms with Crippen molar-refractivity contribution in [2.75, 3.05) is 0 Å². The third-order valence-corrected chi connectivity index (χ3v) is 4.82. The molecule has 0 aromatic carbocycles. The molecule has 1 heteroatoms. The summed E-state index contributed by atoms with van der Waals surface area (Å²) in [6.07, 6.45) is 5.73. The highest BCUT2D eigenvalue weighted by Crippen LogP contribution is 2.55. The van der Waals surface area contributed by atoms with Gasteiger partial charge in [-0.15, -0.1) is 0 Å². The van der Waals surface area contributed by atoms with Gasteiger partial charge in [-0.3, -0.25) is 0 Å². The van der Waals surface area contributed by atoms with Crippen molar-refractivity contribution in [3.63, 3.8) is 0 Å². The molecule has 0 aromatic heterocycles. The lowest BCUT2D eigenvalue weighted by molar-refractivity contribution is 0.473. The maximum Gasteiger partial charge on any atom is 0.0163 e. The Morgan fingerprint density at radius 3 is 2.11 bits per heavy atom. The van der Waals surface area contributed by atoms with Crippen LogP contribution in [0.4, 0.5) is 0 Å². The van der Waals surface area contributed by atoms with Crippen LogP contribution in [0.3, 0.4) is 0 Å². The highest BCUT2D eigenvalue weighted by molar-refractivity contribution is 14.1. The summed E-state index contributed by atoms with van der Waals surface area (Å²) in [5, 5.41) is 0. The summed E-state index contributed by atoms with van der Waals surface area (Å²) in [5.41, 5.74) is 0.787. The molecule has 1 atom stereocenters. The predicted molar refractivity (Wildman–Crippen MR) is 50.1 cm³/mol. The molecule has 0 aliphatic heterocycles. The van der Waals surface area contributed by atoms with E-state index >= 15 is 0 Å². The van der Waals surface area contributed by atoms with Crippen molar-refractivity contribution in [3.05, 3.63) is 0 Å². The molecule has 1 saturated carbocycles. The number of hydrogen-bond acceptors (Lipinski definition) is 0. The Balaban J connectivity index is 2.39. The van der Waals surface area contributed by atoms with Crippen LogP contribution >= 0.6 is 22.6 Å². The van der Waals surface area contributed by atoms with Crippen molar-refractivity contribution in [1.29, 1.82) is 0 Å². The van der Waals surface area contributed by atoms with Crippen LogP contribution in [-0.2, 0) is 0 Å². The first kappa shape index (κ1) is 7.83. The lowest BCUT2D eigenvalue weighted by Gasteiger charge is -2.17. The molecule has 0 heterocycles. The molecule has 0 saturated heterocycles. The van der Waals surface area contributed by atoms with Crippen molar-refractivity contribution in [2.24, 2.45) is 5.41 Å². The summed E-state index contributed by atoms with van der Waals surface area (Å²) in [6.45, 7) is 4.63. The molecule has 0 N–H and O–H groups in total. The van der Waals surface area contributed by atoms with Gasteiger partial charge in [-0.2, -0.15) is 0 Å². The average Bonchev–Trinajstić information content (AvgIpc) is 2.66. The quantitative estimate of drug-likeness (QED) is 0.522. The molecular weight excluding hydrogens is 223 g/mol. The zero-order valence-corrected chi connectivity index (χ0v) is 8.44. The largest absolute Gasteiger partial charge is 0.0820 e. The minimum Gasteiger partial charge on any atom is -0.0820 e. The maximum absolute atomic E-state index is 2.61. The molecule has 1 rings (SSSR count). The molecular formula is C8H15I. The van der Waals surface area contributed by atoms with E-state index in [1.807, 2.05) is 0 Å². The van der Waals surface area contributed by atoms with Crippen molar-refractivity contribution >= 4 is 22.6 Å². The standard InChI is InChI=1S/C8H15I/c1-3-7(9)8(4-2)5-6-8/h7H,3-6H2,1-2H3. The Hall–Kier alpha value is 0.730. The van der Waals surface area contributed by atoms with Crippen LogP contribution in [0.1, 0.15) is 39.5 Å². The first-order valence-corrected chi connectivity index (χ1v) is 5.14. The highest BCUT2D eigenvalue weighted by Gasteiger charge is 2.45. The van der Waals surface area contributed by atoms with Gasteiger partial charge >= 0.3 is 0 Å². The molecule has 0 bridgehead atoms. The second-order valence-corrected chi connectivity index (χ2v) is 4.60. The average molecular weight is 238 g/mol. The fourth-order valence-corrected chi connectivity index (χ4v) is 2.55. The minimum absolute atomic E-state index is 0.787. The van der Waals surface area contributed by atoms with E-state index in [1.165, 1.54) is 25.7 Å². The summed E-state index contributed by atoms with van der Waals surface area (Å²) in [7, 11) is 0. The molecule has 0 amide bonds. The Bertz CT molecular complexity index is 94.7. The molecule has 0 nitrogen and oxygen atoms in total. The van der Waals surface area contributed by atoms with Crippen LogP contribution in [0.5, 0.6) is 0 Å². The first-order chi connectivity index (χ1) is 4.25. The van der Waals surface area contributed by atoms with Crippen molar-refractivity contribution < 1.29 is 0 Å². The van der Waals surface area contributed by atoms with Gasteiger partial charge in [-0.1, -0.05) is 36.4 Å². The lowest BCUT2D eigenvalue weighted by Crippen LogP contribution is -2.12. The third kappa shape index (κ3) is 1.41. The molecule has 54 valence electrons. The van der Waals surface area contributed by atoms with Crippen LogP contribution in [-0.4, -0.2) is 3.92 Å². The number of halogens is 1. The van der Waals surface area contributed by atoms with E-state index in [0.717, 1.165) is 9.34 Å². The minimum atomic E-state index is 0.787. The van der Waals surface area contributed by atoms with Crippen LogP contribution in [0.25, 0.3) is 0 Å². The SMILES string of the molecule is CCC(I)C1(CC)CC1. The Labute approximate surface area is 71.5 Å². The fourth-order valence-electron chi connectivity index (χ4n) is 1.48. The van der Waals surface area contributed by atoms with E-state index in [4.69, 9.17) is 0 Å². The van der Waals surface area contributed by atoms with Crippen molar-refractivity contribution in [1.82, 2.24) is 0 Å². The van der Waals surface area contributed by atoms with E-state index < -0.39 is 0 Å². The van der Waals surface area contributed by atoms with E-state index in [0.29, 0.717) is 0 Å². The second kappa shape index (κ2) is 2.77. The summed E-state index contributed by atoms with van der Waals surface area (Å²) in [6, 6.07) is 0.